The molecule has 36 heavy (non-hydrogen) atoms. The monoisotopic (exact) mass is 577 g/mol. The van der Waals surface area contributed by atoms with Crippen LogP contribution in [0.15, 0.2) is 36.4 Å². The Morgan fingerprint density at radius 1 is 1.06 bits per heavy atom. The molecule has 0 radical (unpaired) electrons. The Kier molecular flexibility index (Phi) is 9.49. The fraction of sp³-hybridized carbons (Fsp3) is 0.417. The summed E-state index contributed by atoms with van der Waals surface area (Å²) < 4.78 is 39.6. The van der Waals surface area contributed by atoms with E-state index in [0.29, 0.717) is 5.56 Å². The Morgan fingerprint density at radius 3 is 2.22 bits per heavy atom. The average Bonchev–Trinajstić information content (AvgIpc) is 3.31. The molecule has 0 unspecified atom stereocenters. The van der Waals surface area contributed by atoms with Crippen LogP contribution >= 0.6 is 34.8 Å². The molecule has 0 spiro atoms. The highest BCUT2D eigenvalue weighted by molar-refractivity contribution is 7.92. The van der Waals surface area contributed by atoms with Crippen molar-refractivity contribution >= 4 is 62.3 Å². The first kappa shape index (κ1) is 28.5. The third-order valence-corrected chi connectivity index (χ3v) is 8.22. The summed E-state index contributed by atoms with van der Waals surface area (Å²) in [5, 5.41) is 3.14. The van der Waals surface area contributed by atoms with E-state index in [2.05, 4.69) is 5.32 Å². The predicted octanol–water partition coefficient (Wildman–Crippen LogP) is 5.03. The second-order valence-electron chi connectivity index (χ2n) is 8.80. The first-order valence-electron chi connectivity index (χ1n) is 11.3. The molecule has 12 heteroatoms. The van der Waals surface area contributed by atoms with Crippen molar-refractivity contribution in [1.29, 1.82) is 0 Å². The summed E-state index contributed by atoms with van der Waals surface area (Å²) in [4.78, 5) is 27.8. The fourth-order valence-corrected chi connectivity index (χ4v) is 5.61. The lowest BCUT2D eigenvalue weighted by Gasteiger charge is -2.32. The zero-order valence-electron chi connectivity index (χ0n) is 19.8. The zero-order valence-corrected chi connectivity index (χ0v) is 22.9. The van der Waals surface area contributed by atoms with Crippen molar-refractivity contribution in [2.24, 2.45) is 0 Å². The highest BCUT2D eigenvalue weighted by Crippen LogP contribution is 2.35. The first-order chi connectivity index (χ1) is 16.9. The molecule has 1 saturated carbocycles. The summed E-state index contributed by atoms with van der Waals surface area (Å²) in [6, 6.07) is 7.17. The predicted molar refractivity (Wildman–Crippen MR) is 140 cm³/mol. The lowest BCUT2D eigenvalue weighted by atomic mass is 10.1. The van der Waals surface area contributed by atoms with Gasteiger partial charge in [-0.3, -0.25) is 13.9 Å². The maximum Gasteiger partial charge on any atom is 0.244 e. The minimum Gasteiger partial charge on any atom is -0.352 e. The van der Waals surface area contributed by atoms with Crippen LogP contribution in [0.5, 0.6) is 0 Å². The number of benzene rings is 2. The van der Waals surface area contributed by atoms with Crippen LogP contribution in [-0.4, -0.2) is 50.0 Å². The summed E-state index contributed by atoms with van der Waals surface area (Å²) in [6.45, 7) is 0.895. The van der Waals surface area contributed by atoms with Gasteiger partial charge < -0.3 is 10.2 Å². The van der Waals surface area contributed by atoms with E-state index in [0.717, 1.165) is 36.2 Å². The van der Waals surface area contributed by atoms with Crippen molar-refractivity contribution in [3.8, 4) is 0 Å². The van der Waals surface area contributed by atoms with Gasteiger partial charge in [-0.25, -0.2) is 12.8 Å². The van der Waals surface area contributed by atoms with E-state index in [4.69, 9.17) is 34.8 Å². The number of amides is 2. The molecule has 1 N–H and O–H groups in total. The van der Waals surface area contributed by atoms with Gasteiger partial charge in [0.2, 0.25) is 21.8 Å². The van der Waals surface area contributed by atoms with Crippen molar-refractivity contribution in [3.05, 3.63) is 62.8 Å². The van der Waals surface area contributed by atoms with Crippen LogP contribution in [-0.2, 0) is 26.2 Å². The Bertz CT molecular complexity index is 1220. The maximum absolute atomic E-state index is 13.6. The molecule has 0 saturated heterocycles. The molecule has 3 rings (SSSR count). The van der Waals surface area contributed by atoms with Gasteiger partial charge in [-0.15, -0.1) is 0 Å². The van der Waals surface area contributed by atoms with Gasteiger partial charge in [-0.2, -0.15) is 0 Å². The molecule has 2 aromatic rings. The Morgan fingerprint density at radius 2 is 1.64 bits per heavy atom. The molecular weight excluding hydrogens is 552 g/mol. The van der Waals surface area contributed by atoms with Crippen molar-refractivity contribution in [3.63, 3.8) is 0 Å². The van der Waals surface area contributed by atoms with Crippen molar-refractivity contribution < 1.29 is 22.4 Å². The third kappa shape index (κ3) is 7.25. The number of halogens is 4. The average molecular weight is 579 g/mol. The minimum absolute atomic E-state index is 0.0141. The van der Waals surface area contributed by atoms with Crippen LogP contribution in [0.1, 0.15) is 38.2 Å². The quantitative estimate of drug-likeness (QED) is 0.423. The van der Waals surface area contributed by atoms with Gasteiger partial charge in [-0.05, 0) is 49.6 Å². The number of nitrogens with one attached hydrogen (secondary N) is 1. The van der Waals surface area contributed by atoms with Gasteiger partial charge in [-0.1, -0.05) is 59.8 Å². The highest BCUT2D eigenvalue weighted by atomic mass is 35.5. The van der Waals surface area contributed by atoms with Crippen molar-refractivity contribution in [1.82, 2.24) is 10.2 Å². The van der Waals surface area contributed by atoms with E-state index < -0.39 is 34.3 Å². The molecule has 7 nitrogen and oxygen atoms in total. The number of anilines is 1. The van der Waals surface area contributed by atoms with E-state index >= 15 is 0 Å². The second kappa shape index (κ2) is 12.0. The smallest absolute Gasteiger partial charge is 0.244 e. The van der Waals surface area contributed by atoms with E-state index in [-0.39, 0.29) is 39.2 Å². The zero-order chi connectivity index (χ0) is 26.6. The van der Waals surface area contributed by atoms with Crippen LogP contribution < -0.4 is 9.62 Å². The number of hydrogen-bond donors (Lipinski definition) is 1. The number of nitrogens with zero attached hydrogens (tertiary/aromatic N) is 2. The molecule has 0 bridgehead atoms. The first-order valence-corrected chi connectivity index (χ1v) is 14.3. The van der Waals surface area contributed by atoms with E-state index in [9.17, 15) is 22.4 Å². The summed E-state index contributed by atoms with van der Waals surface area (Å²) in [5.74, 6) is -1.45. The van der Waals surface area contributed by atoms with Gasteiger partial charge in [0.15, 0.2) is 0 Å². The standard InChI is InChI=1S/C24H27Cl3FN3O4S/c1-15(24(33)29-18-5-3-4-6-18)30(13-16-7-9-17(28)10-8-16)23(32)14-31(36(2,34)35)22-12-20(26)19(25)11-21(22)27/h7-12,15,18H,3-6,13-14H2,1-2H3,(H,29,33)/t15-/m1/s1. The molecule has 196 valence electrons. The number of carbonyl (C=O) groups is 2. The number of sulfonamides is 1. The number of rotatable bonds is 9. The largest absolute Gasteiger partial charge is 0.352 e. The van der Waals surface area contributed by atoms with Gasteiger partial charge in [0.25, 0.3) is 0 Å². The normalized spacial score (nSPS) is 14.9. The number of hydrogen-bond acceptors (Lipinski definition) is 4. The van der Waals surface area contributed by atoms with Crippen LogP contribution in [0, 0.1) is 5.82 Å². The molecule has 0 heterocycles. The van der Waals surface area contributed by atoms with Crippen LogP contribution in [0.25, 0.3) is 0 Å². The molecule has 1 aliphatic rings. The Labute approximate surface area is 225 Å². The molecule has 2 amide bonds. The molecule has 1 aliphatic carbocycles. The van der Waals surface area contributed by atoms with E-state index in [1.165, 1.54) is 41.3 Å². The van der Waals surface area contributed by atoms with Gasteiger partial charge in [0.05, 0.1) is 27.0 Å². The lowest BCUT2D eigenvalue weighted by molar-refractivity contribution is -0.139. The SMILES string of the molecule is C[C@H](C(=O)NC1CCCC1)N(Cc1ccc(F)cc1)C(=O)CN(c1cc(Cl)c(Cl)cc1Cl)S(C)(=O)=O. The van der Waals surface area contributed by atoms with E-state index in [1.807, 2.05) is 0 Å². The van der Waals surface area contributed by atoms with Crippen molar-refractivity contribution in [2.45, 2.75) is 51.2 Å². The van der Waals surface area contributed by atoms with Gasteiger partial charge >= 0.3 is 0 Å². The molecule has 0 aromatic heterocycles. The van der Waals surface area contributed by atoms with Crippen molar-refractivity contribution in [2.75, 3.05) is 17.1 Å². The third-order valence-electron chi connectivity index (χ3n) is 6.07. The Hall–Kier alpha value is -2.07. The summed E-state index contributed by atoms with van der Waals surface area (Å²) >= 11 is 18.3. The molecule has 1 fully saturated rings. The maximum atomic E-state index is 13.6. The topological polar surface area (TPSA) is 86.8 Å². The minimum atomic E-state index is -3.99. The summed E-state index contributed by atoms with van der Waals surface area (Å²) in [5.41, 5.74) is 0.551. The fourth-order valence-electron chi connectivity index (χ4n) is 4.06. The van der Waals surface area contributed by atoms with Crippen LogP contribution in [0.3, 0.4) is 0 Å². The second-order valence-corrected chi connectivity index (χ2v) is 11.9. The van der Waals surface area contributed by atoms with Crippen LogP contribution in [0.2, 0.25) is 15.1 Å². The van der Waals surface area contributed by atoms with E-state index in [1.54, 1.807) is 6.92 Å². The summed E-state index contributed by atoms with van der Waals surface area (Å²) in [6.07, 6.45) is 4.69. The lowest BCUT2D eigenvalue weighted by Crippen LogP contribution is -2.52. The number of carbonyl (C=O) groups excluding carboxylic acids is 2. The summed E-state index contributed by atoms with van der Waals surface area (Å²) in [7, 11) is -3.99. The highest BCUT2D eigenvalue weighted by Gasteiger charge is 2.32. The van der Waals surface area contributed by atoms with Crippen LogP contribution in [0.4, 0.5) is 10.1 Å². The van der Waals surface area contributed by atoms with Gasteiger partial charge in [0, 0.05) is 12.6 Å². The molecule has 2 aromatic carbocycles. The molecule has 1 atom stereocenters. The molecule has 0 aliphatic heterocycles. The molecular formula is C24H27Cl3FN3O4S. The Balaban J connectivity index is 1.92. The van der Waals surface area contributed by atoms with Gasteiger partial charge in [0.1, 0.15) is 18.4 Å².